The number of fused-ring (bicyclic) bond motifs is 1. The number of carbonyl (C=O) groups is 2. The average molecular weight is 480 g/mol. The molecule has 186 valence electrons. The van der Waals surface area contributed by atoms with E-state index in [1.54, 1.807) is 23.1 Å². The maximum Gasteiger partial charge on any atom is 0.295 e. The highest BCUT2D eigenvalue weighted by Crippen LogP contribution is 2.44. The molecule has 0 saturated carbocycles. The molecule has 1 unspecified atom stereocenters. The number of ether oxygens (including phenoxy) is 3. The van der Waals surface area contributed by atoms with Gasteiger partial charge in [-0.15, -0.1) is 0 Å². The molecule has 2 aliphatic rings. The van der Waals surface area contributed by atoms with Gasteiger partial charge in [0.15, 0.2) is 11.5 Å². The number of amides is 1. The molecule has 1 N–H and O–H groups in total. The molecule has 1 fully saturated rings. The Bertz CT molecular complexity index is 1180. The third-order valence-corrected chi connectivity index (χ3v) is 6.50. The third-order valence-electron chi connectivity index (χ3n) is 6.50. The number of aliphatic hydroxyl groups excluding tert-OH is 1. The molecule has 2 heterocycles. The summed E-state index contributed by atoms with van der Waals surface area (Å²) in [6.45, 7) is 9.51. The van der Waals surface area contributed by atoms with Crippen molar-refractivity contribution < 1.29 is 28.9 Å². The van der Waals surface area contributed by atoms with Gasteiger partial charge in [-0.1, -0.05) is 46.2 Å². The zero-order chi connectivity index (χ0) is 25.3. The van der Waals surface area contributed by atoms with E-state index in [4.69, 9.17) is 14.2 Å². The molecule has 35 heavy (non-hydrogen) atoms. The number of likely N-dealkylation sites (tertiary alicyclic amines) is 1. The Labute approximate surface area is 206 Å². The molecule has 7 heteroatoms. The minimum atomic E-state index is -0.750. The van der Waals surface area contributed by atoms with E-state index in [-0.39, 0.29) is 16.7 Å². The molecule has 2 aromatic carbocycles. The van der Waals surface area contributed by atoms with Crippen molar-refractivity contribution in [1.82, 2.24) is 4.90 Å². The second kappa shape index (κ2) is 9.64. The van der Waals surface area contributed by atoms with E-state index < -0.39 is 17.7 Å². The van der Waals surface area contributed by atoms with Crippen molar-refractivity contribution in [2.24, 2.45) is 0 Å². The van der Waals surface area contributed by atoms with Crippen molar-refractivity contribution in [2.75, 3.05) is 26.9 Å². The van der Waals surface area contributed by atoms with Crippen LogP contribution in [-0.4, -0.2) is 48.6 Å². The number of unbranched alkanes of at least 4 members (excludes halogenated alkanes) is 1. The summed E-state index contributed by atoms with van der Waals surface area (Å²) in [7, 11) is 1.51. The van der Waals surface area contributed by atoms with Gasteiger partial charge < -0.3 is 24.2 Å². The molecule has 0 radical (unpaired) electrons. The molecular formula is C28H33NO6. The Morgan fingerprint density at radius 1 is 1.09 bits per heavy atom. The minimum Gasteiger partial charge on any atom is -0.507 e. The van der Waals surface area contributed by atoms with Gasteiger partial charge in [0.2, 0.25) is 0 Å². The van der Waals surface area contributed by atoms with Gasteiger partial charge in [0, 0.05) is 6.54 Å². The van der Waals surface area contributed by atoms with E-state index in [0.717, 1.165) is 18.4 Å². The zero-order valence-electron chi connectivity index (χ0n) is 21.0. The monoisotopic (exact) mass is 479 g/mol. The quantitative estimate of drug-likeness (QED) is 0.357. The van der Waals surface area contributed by atoms with E-state index in [9.17, 15) is 14.7 Å². The van der Waals surface area contributed by atoms with Crippen molar-refractivity contribution in [1.29, 1.82) is 0 Å². The first-order valence-corrected chi connectivity index (χ1v) is 12.0. The molecule has 0 spiro atoms. The number of benzene rings is 2. The van der Waals surface area contributed by atoms with Gasteiger partial charge in [-0.05, 0) is 47.2 Å². The minimum absolute atomic E-state index is 0.0483. The number of ketones is 1. The summed E-state index contributed by atoms with van der Waals surface area (Å²) in [6, 6.07) is 10.2. The fourth-order valence-electron chi connectivity index (χ4n) is 4.52. The van der Waals surface area contributed by atoms with Crippen molar-refractivity contribution in [3.05, 3.63) is 58.7 Å². The summed E-state index contributed by atoms with van der Waals surface area (Å²) in [4.78, 5) is 28.0. The van der Waals surface area contributed by atoms with Crippen LogP contribution in [0.15, 0.2) is 42.0 Å². The smallest absolute Gasteiger partial charge is 0.295 e. The Kier molecular flexibility index (Phi) is 6.79. The second-order valence-electron chi connectivity index (χ2n) is 9.91. The fourth-order valence-corrected chi connectivity index (χ4v) is 4.52. The van der Waals surface area contributed by atoms with Crippen LogP contribution in [0.5, 0.6) is 17.2 Å². The molecule has 2 aromatic rings. The third kappa shape index (κ3) is 4.59. The van der Waals surface area contributed by atoms with E-state index in [0.29, 0.717) is 48.1 Å². The van der Waals surface area contributed by atoms with Crippen LogP contribution in [0.3, 0.4) is 0 Å². The number of aliphatic hydroxyl groups is 1. The lowest BCUT2D eigenvalue weighted by Crippen LogP contribution is -2.30. The summed E-state index contributed by atoms with van der Waals surface area (Å²) in [5, 5.41) is 11.6. The Morgan fingerprint density at radius 2 is 1.80 bits per heavy atom. The first-order valence-electron chi connectivity index (χ1n) is 12.0. The predicted molar refractivity (Wildman–Crippen MR) is 133 cm³/mol. The van der Waals surface area contributed by atoms with Crippen LogP contribution in [0.2, 0.25) is 0 Å². The van der Waals surface area contributed by atoms with Crippen LogP contribution >= 0.6 is 0 Å². The summed E-state index contributed by atoms with van der Waals surface area (Å²) >= 11 is 0. The maximum absolute atomic E-state index is 13.3. The molecule has 7 nitrogen and oxygen atoms in total. The van der Waals surface area contributed by atoms with Gasteiger partial charge in [-0.25, -0.2) is 0 Å². The normalized spacial score (nSPS) is 19.2. The predicted octanol–water partition coefficient (Wildman–Crippen LogP) is 4.99. The Morgan fingerprint density at radius 3 is 2.46 bits per heavy atom. The largest absolute Gasteiger partial charge is 0.507 e. The molecule has 1 amide bonds. The van der Waals surface area contributed by atoms with E-state index in [1.165, 1.54) is 7.11 Å². The van der Waals surface area contributed by atoms with Crippen molar-refractivity contribution in [2.45, 2.75) is 52.0 Å². The van der Waals surface area contributed by atoms with Crippen LogP contribution in [0.4, 0.5) is 0 Å². The molecule has 1 atom stereocenters. The standard InChI is InChI=1S/C28H33NO6/c1-6-7-12-29-24(17-8-10-21-22(15-17)35-14-13-34-21)23(26(31)27(29)32)25(30)19-16-18(28(2,3)4)9-11-20(19)33-5/h8-11,15-16,24,30H,6-7,12-14H2,1-5H3/b25-23+. The number of methoxy groups -OCH3 is 1. The second-order valence-corrected chi connectivity index (χ2v) is 9.91. The number of hydrogen-bond donors (Lipinski definition) is 1. The van der Waals surface area contributed by atoms with Crippen LogP contribution in [0, 0.1) is 0 Å². The van der Waals surface area contributed by atoms with Gasteiger partial charge in [0.05, 0.1) is 24.3 Å². The lowest BCUT2D eigenvalue weighted by atomic mass is 9.85. The van der Waals surface area contributed by atoms with Crippen LogP contribution < -0.4 is 14.2 Å². The fraction of sp³-hybridized carbons (Fsp3) is 0.429. The number of carbonyl (C=O) groups excluding carboxylic acids is 2. The van der Waals surface area contributed by atoms with E-state index in [1.807, 2.05) is 25.1 Å². The molecule has 1 saturated heterocycles. The summed E-state index contributed by atoms with van der Waals surface area (Å²) in [5.41, 5.74) is 1.89. The highest BCUT2D eigenvalue weighted by atomic mass is 16.6. The van der Waals surface area contributed by atoms with Crippen molar-refractivity contribution in [3.8, 4) is 17.2 Å². The van der Waals surface area contributed by atoms with Crippen LogP contribution in [-0.2, 0) is 15.0 Å². The molecule has 0 bridgehead atoms. The lowest BCUT2D eigenvalue weighted by Gasteiger charge is -2.27. The van der Waals surface area contributed by atoms with Gasteiger partial charge in [0.25, 0.3) is 11.7 Å². The van der Waals surface area contributed by atoms with Crippen molar-refractivity contribution in [3.63, 3.8) is 0 Å². The van der Waals surface area contributed by atoms with Crippen molar-refractivity contribution >= 4 is 17.4 Å². The highest BCUT2D eigenvalue weighted by molar-refractivity contribution is 6.46. The molecule has 0 aromatic heterocycles. The van der Waals surface area contributed by atoms with Gasteiger partial charge in [-0.3, -0.25) is 9.59 Å². The topological polar surface area (TPSA) is 85.3 Å². The Balaban J connectivity index is 1.91. The summed E-state index contributed by atoms with van der Waals surface area (Å²) in [6.07, 6.45) is 1.59. The van der Waals surface area contributed by atoms with Gasteiger partial charge in [0.1, 0.15) is 24.7 Å². The summed E-state index contributed by atoms with van der Waals surface area (Å²) < 4.78 is 16.9. The molecule has 0 aliphatic carbocycles. The SMILES string of the molecule is CCCCN1C(=O)C(=O)/C(=C(/O)c2cc(C(C)(C)C)ccc2OC)C1c1ccc2c(c1)OCCO2. The van der Waals surface area contributed by atoms with Crippen LogP contribution in [0.1, 0.15) is 63.3 Å². The first-order chi connectivity index (χ1) is 16.7. The van der Waals surface area contributed by atoms with E-state index >= 15 is 0 Å². The average Bonchev–Trinajstić information content (AvgIpc) is 3.10. The highest BCUT2D eigenvalue weighted by Gasteiger charge is 2.46. The molecular weight excluding hydrogens is 446 g/mol. The zero-order valence-corrected chi connectivity index (χ0v) is 21.0. The van der Waals surface area contributed by atoms with E-state index in [2.05, 4.69) is 20.8 Å². The van der Waals surface area contributed by atoms with Gasteiger partial charge >= 0.3 is 0 Å². The van der Waals surface area contributed by atoms with Gasteiger partial charge in [-0.2, -0.15) is 0 Å². The summed E-state index contributed by atoms with van der Waals surface area (Å²) in [5.74, 6) is 0.0288. The maximum atomic E-state index is 13.3. The number of rotatable bonds is 6. The number of hydrogen-bond acceptors (Lipinski definition) is 6. The molecule has 2 aliphatic heterocycles. The molecule has 4 rings (SSSR count). The first kappa shape index (κ1) is 24.6. The van der Waals surface area contributed by atoms with Crippen LogP contribution in [0.25, 0.3) is 5.76 Å². The Hall–Kier alpha value is -3.48. The number of Topliss-reactive ketones (excluding diaryl/α,β-unsaturated/α-hetero) is 1. The number of nitrogens with zero attached hydrogens (tertiary/aromatic N) is 1. The lowest BCUT2D eigenvalue weighted by molar-refractivity contribution is -0.139.